The number of hydrogen-bond acceptors (Lipinski definition) is 3. The number of aromatic nitrogens is 2. The van der Waals surface area contributed by atoms with Crippen LogP contribution in [0.25, 0.3) is 0 Å². The van der Waals surface area contributed by atoms with E-state index in [9.17, 15) is 8.78 Å². The highest BCUT2D eigenvalue weighted by Gasteiger charge is 2.22. The lowest BCUT2D eigenvalue weighted by Crippen LogP contribution is -2.17. The molecule has 4 nitrogen and oxygen atoms in total. The van der Waals surface area contributed by atoms with Crippen molar-refractivity contribution >= 4 is 5.69 Å². The van der Waals surface area contributed by atoms with Crippen molar-refractivity contribution in [2.75, 3.05) is 5.32 Å². The van der Waals surface area contributed by atoms with Crippen molar-refractivity contribution in [3.05, 3.63) is 72.2 Å². The molecule has 2 heterocycles. The molecule has 1 aromatic carbocycles. The molecule has 0 aliphatic heterocycles. The standard InChI is InChI=1S/C15H13F2N3O/c1-20-7-6-18-15(20)14(13-3-2-8-21-13)19-12-5-4-10(16)9-11(12)17/h2-9,14,19H,1H3. The second-order valence-electron chi connectivity index (χ2n) is 4.61. The van der Waals surface area contributed by atoms with Crippen LogP contribution in [0, 0.1) is 11.6 Å². The molecule has 0 bridgehead atoms. The minimum Gasteiger partial charge on any atom is -0.467 e. The Bertz CT molecular complexity index is 737. The predicted molar refractivity (Wildman–Crippen MR) is 73.7 cm³/mol. The Morgan fingerprint density at radius 2 is 2.14 bits per heavy atom. The van der Waals surface area contributed by atoms with Crippen LogP contribution in [0.4, 0.5) is 14.5 Å². The molecular weight excluding hydrogens is 276 g/mol. The Hall–Kier alpha value is -2.63. The van der Waals surface area contributed by atoms with Crippen molar-refractivity contribution < 1.29 is 13.2 Å². The van der Waals surface area contributed by atoms with Gasteiger partial charge in [0.25, 0.3) is 0 Å². The fraction of sp³-hybridized carbons (Fsp3) is 0.133. The molecule has 6 heteroatoms. The Kier molecular flexibility index (Phi) is 3.43. The van der Waals surface area contributed by atoms with Gasteiger partial charge in [0, 0.05) is 25.5 Å². The molecule has 108 valence electrons. The first-order valence-electron chi connectivity index (χ1n) is 6.37. The van der Waals surface area contributed by atoms with E-state index in [1.54, 1.807) is 24.5 Å². The minimum absolute atomic E-state index is 0.181. The molecule has 0 radical (unpaired) electrons. The number of imidazole rings is 1. The lowest BCUT2D eigenvalue weighted by molar-refractivity contribution is 0.487. The van der Waals surface area contributed by atoms with E-state index in [0.29, 0.717) is 11.6 Å². The maximum absolute atomic E-state index is 13.8. The second-order valence-corrected chi connectivity index (χ2v) is 4.61. The van der Waals surface area contributed by atoms with E-state index in [0.717, 1.165) is 6.07 Å². The monoisotopic (exact) mass is 289 g/mol. The van der Waals surface area contributed by atoms with Gasteiger partial charge >= 0.3 is 0 Å². The molecule has 3 aromatic rings. The van der Waals surface area contributed by atoms with Gasteiger partial charge in [-0.15, -0.1) is 0 Å². The summed E-state index contributed by atoms with van der Waals surface area (Å²) in [5.74, 6) is -0.0351. The van der Waals surface area contributed by atoms with Crippen molar-refractivity contribution in [1.82, 2.24) is 9.55 Å². The number of hydrogen-bond donors (Lipinski definition) is 1. The van der Waals surface area contributed by atoms with Gasteiger partial charge in [0.1, 0.15) is 29.3 Å². The molecule has 0 aliphatic carbocycles. The SMILES string of the molecule is Cn1ccnc1C(Nc1ccc(F)cc1F)c1ccco1. The largest absolute Gasteiger partial charge is 0.467 e. The van der Waals surface area contributed by atoms with E-state index in [1.165, 1.54) is 18.4 Å². The highest BCUT2D eigenvalue weighted by Crippen LogP contribution is 2.27. The van der Waals surface area contributed by atoms with E-state index in [4.69, 9.17) is 4.42 Å². The molecule has 0 saturated carbocycles. The highest BCUT2D eigenvalue weighted by atomic mass is 19.1. The number of anilines is 1. The van der Waals surface area contributed by atoms with Gasteiger partial charge in [0.15, 0.2) is 0 Å². The van der Waals surface area contributed by atoms with Gasteiger partial charge in [0.05, 0.1) is 12.0 Å². The molecule has 0 fully saturated rings. The Balaban J connectivity index is 1.99. The van der Waals surface area contributed by atoms with Gasteiger partial charge in [-0.2, -0.15) is 0 Å². The van der Waals surface area contributed by atoms with Crippen LogP contribution in [0.3, 0.4) is 0 Å². The first kappa shape index (κ1) is 13.4. The van der Waals surface area contributed by atoms with Gasteiger partial charge in [-0.25, -0.2) is 13.8 Å². The summed E-state index contributed by atoms with van der Waals surface area (Å²) in [6, 6.07) is 6.42. The zero-order valence-corrected chi connectivity index (χ0v) is 11.3. The Morgan fingerprint density at radius 3 is 2.76 bits per heavy atom. The normalized spacial score (nSPS) is 12.3. The minimum atomic E-state index is -0.666. The predicted octanol–water partition coefficient (Wildman–Crippen LogP) is 3.49. The van der Waals surface area contributed by atoms with Gasteiger partial charge < -0.3 is 14.3 Å². The molecule has 0 saturated heterocycles. The molecule has 2 aromatic heterocycles. The summed E-state index contributed by atoms with van der Waals surface area (Å²) in [6.45, 7) is 0. The molecular formula is C15H13F2N3O. The number of nitrogens with one attached hydrogen (secondary N) is 1. The number of furan rings is 1. The first-order chi connectivity index (χ1) is 10.1. The fourth-order valence-corrected chi connectivity index (χ4v) is 2.14. The van der Waals surface area contributed by atoms with Gasteiger partial charge in [-0.1, -0.05) is 0 Å². The maximum Gasteiger partial charge on any atom is 0.149 e. The van der Waals surface area contributed by atoms with Gasteiger partial charge in [0.2, 0.25) is 0 Å². The summed E-state index contributed by atoms with van der Waals surface area (Å²) in [7, 11) is 1.83. The Labute approximate surface area is 120 Å². The molecule has 0 aliphatic rings. The van der Waals surface area contributed by atoms with E-state index in [2.05, 4.69) is 10.3 Å². The molecule has 0 spiro atoms. The molecule has 1 unspecified atom stereocenters. The number of nitrogens with zero attached hydrogens (tertiary/aromatic N) is 2. The van der Waals surface area contributed by atoms with Crippen LogP contribution >= 0.6 is 0 Å². The first-order valence-corrected chi connectivity index (χ1v) is 6.37. The summed E-state index contributed by atoms with van der Waals surface area (Å²) < 4.78 is 34.0. The highest BCUT2D eigenvalue weighted by molar-refractivity contribution is 5.48. The van der Waals surface area contributed by atoms with Crippen molar-refractivity contribution in [2.45, 2.75) is 6.04 Å². The average molecular weight is 289 g/mol. The zero-order chi connectivity index (χ0) is 14.8. The van der Waals surface area contributed by atoms with Crippen molar-refractivity contribution in [3.8, 4) is 0 Å². The summed E-state index contributed by atoms with van der Waals surface area (Å²) >= 11 is 0. The third kappa shape index (κ3) is 2.65. The lowest BCUT2D eigenvalue weighted by atomic mass is 10.2. The quantitative estimate of drug-likeness (QED) is 0.799. The van der Waals surface area contributed by atoms with E-state index < -0.39 is 17.7 Å². The summed E-state index contributed by atoms with van der Waals surface area (Å²) in [4.78, 5) is 4.26. The third-order valence-electron chi connectivity index (χ3n) is 3.18. The van der Waals surface area contributed by atoms with Crippen LogP contribution in [0.1, 0.15) is 17.6 Å². The van der Waals surface area contributed by atoms with Gasteiger partial charge in [-0.05, 0) is 24.3 Å². The van der Waals surface area contributed by atoms with Crippen LogP contribution in [-0.4, -0.2) is 9.55 Å². The third-order valence-corrected chi connectivity index (χ3v) is 3.18. The fourth-order valence-electron chi connectivity index (χ4n) is 2.14. The second kappa shape index (κ2) is 5.40. The molecule has 1 N–H and O–H groups in total. The number of aryl methyl sites for hydroxylation is 1. The zero-order valence-electron chi connectivity index (χ0n) is 11.3. The maximum atomic E-state index is 13.8. The molecule has 1 atom stereocenters. The van der Waals surface area contributed by atoms with Crippen molar-refractivity contribution in [3.63, 3.8) is 0 Å². The van der Waals surface area contributed by atoms with Crippen molar-refractivity contribution in [1.29, 1.82) is 0 Å². The van der Waals surface area contributed by atoms with Crippen LogP contribution in [0.2, 0.25) is 0 Å². The molecule has 0 amide bonds. The number of benzene rings is 1. The van der Waals surface area contributed by atoms with E-state index in [-0.39, 0.29) is 5.69 Å². The molecule has 21 heavy (non-hydrogen) atoms. The average Bonchev–Trinajstić information content (AvgIpc) is 3.10. The summed E-state index contributed by atoms with van der Waals surface area (Å²) in [5, 5.41) is 3.00. The number of rotatable bonds is 4. The van der Waals surface area contributed by atoms with E-state index >= 15 is 0 Å². The summed E-state index contributed by atoms with van der Waals surface area (Å²) in [6.07, 6.45) is 4.97. The Morgan fingerprint density at radius 1 is 1.29 bits per heavy atom. The van der Waals surface area contributed by atoms with Crippen molar-refractivity contribution in [2.24, 2.45) is 7.05 Å². The smallest absolute Gasteiger partial charge is 0.149 e. The van der Waals surface area contributed by atoms with E-state index in [1.807, 2.05) is 11.6 Å². The topological polar surface area (TPSA) is 43.0 Å². The lowest BCUT2D eigenvalue weighted by Gasteiger charge is -2.18. The van der Waals surface area contributed by atoms with Crippen LogP contribution in [0.15, 0.2) is 53.4 Å². The van der Waals surface area contributed by atoms with Crippen LogP contribution in [0.5, 0.6) is 0 Å². The summed E-state index contributed by atoms with van der Waals surface area (Å²) in [5.41, 5.74) is 0.181. The van der Waals surface area contributed by atoms with Crippen LogP contribution in [-0.2, 0) is 7.05 Å². The molecule has 3 rings (SSSR count). The van der Waals surface area contributed by atoms with Gasteiger partial charge in [-0.3, -0.25) is 0 Å². The number of halogens is 2. The van der Waals surface area contributed by atoms with Crippen LogP contribution < -0.4 is 5.32 Å².